The van der Waals surface area contributed by atoms with E-state index in [4.69, 9.17) is 9.73 Å². The zero-order chi connectivity index (χ0) is 21.0. The maximum atomic E-state index is 12.9. The number of carbonyl (C=O) groups is 2. The summed E-state index contributed by atoms with van der Waals surface area (Å²) in [6, 6.07) is 16.3. The van der Waals surface area contributed by atoms with Crippen molar-refractivity contribution in [3.8, 4) is 6.07 Å². The topological polar surface area (TPSA) is 91.5 Å². The number of rotatable bonds is 5. The van der Waals surface area contributed by atoms with Gasteiger partial charge in [-0.1, -0.05) is 30.3 Å². The van der Waals surface area contributed by atoms with Crippen LogP contribution in [0.25, 0.3) is 0 Å². The fraction of sp³-hybridized carbons (Fsp3) is 0.304. The minimum atomic E-state index is -1.07. The van der Waals surface area contributed by atoms with Crippen LogP contribution in [0.5, 0.6) is 0 Å². The van der Waals surface area contributed by atoms with Crippen LogP contribution < -0.4 is 5.32 Å². The predicted octanol–water partition coefficient (Wildman–Crippen LogP) is 3.77. The Morgan fingerprint density at radius 1 is 1.24 bits per heavy atom. The largest absolute Gasteiger partial charge is 0.462 e. The number of carbonyl (C=O) groups excluding carboxylic acids is 2. The van der Waals surface area contributed by atoms with Crippen molar-refractivity contribution >= 4 is 23.3 Å². The van der Waals surface area contributed by atoms with Gasteiger partial charge in [-0.05, 0) is 51.0 Å². The van der Waals surface area contributed by atoms with E-state index in [2.05, 4.69) is 11.4 Å². The Labute approximate surface area is 170 Å². The second-order valence-corrected chi connectivity index (χ2v) is 7.50. The van der Waals surface area contributed by atoms with Crippen molar-refractivity contribution in [2.75, 3.05) is 11.9 Å². The molecule has 0 spiro atoms. The summed E-state index contributed by atoms with van der Waals surface area (Å²) in [5.74, 6) is -2.02. The zero-order valence-corrected chi connectivity index (χ0v) is 16.7. The lowest BCUT2D eigenvalue weighted by molar-refractivity contribution is -0.116. The van der Waals surface area contributed by atoms with E-state index >= 15 is 0 Å². The molecule has 148 valence electrons. The van der Waals surface area contributed by atoms with Crippen LogP contribution >= 0.6 is 0 Å². The van der Waals surface area contributed by atoms with Crippen molar-refractivity contribution in [3.63, 3.8) is 0 Å². The first kappa shape index (κ1) is 20.3. The summed E-state index contributed by atoms with van der Waals surface area (Å²) in [4.78, 5) is 29.6. The van der Waals surface area contributed by atoms with E-state index in [9.17, 15) is 14.9 Å². The van der Waals surface area contributed by atoms with Crippen molar-refractivity contribution in [2.24, 2.45) is 10.9 Å². The van der Waals surface area contributed by atoms with E-state index in [1.807, 2.05) is 38.1 Å². The molecule has 6 heteroatoms. The molecule has 3 rings (SSSR count). The Morgan fingerprint density at radius 3 is 2.72 bits per heavy atom. The number of aliphatic imine (C=N–C) groups is 1. The third-order valence-corrected chi connectivity index (χ3v) is 4.65. The number of ether oxygens (including phenoxy) is 1. The Morgan fingerprint density at radius 2 is 2.00 bits per heavy atom. The van der Waals surface area contributed by atoms with Gasteiger partial charge >= 0.3 is 5.97 Å². The van der Waals surface area contributed by atoms with Crippen molar-refractivity contribution in [3.05, 3.63) is 65.2 Å². The number of nitrogens with zero attached hydrogens (tertiary/aromatic N) is 2. The van der Waals surface area contributed by atoms with E-state index in [0.29, 0.717) is 17.0 Å². The van der Waals surface area contributed by atoms with Gasteiger partial charge in [-0.15, -0.1) is 0 Å². The van der Waals surface area contributed by atoms with Gasteiger partial charge in [-0.2, -0.15) is 5.26 Å². The van der Waals surface area contributed by atoms with Crippen LogP contribution in [0.15, 0.2) is 53.5 Å². The van der Waals surface area contributed by atoms with Crippen LogP contribution in [0, 0.1) is 17.2 Å². The maximum Gasteiger partial charge on any atom is 0.338 e. The quantitative estimate of drug-likeness (QED) is 0.788. The minimum Gasteiger partial charge on any atom is -0.462 e. The highest BCUT2D eigenvalue weighted by atomic mass is 16.5. The van der Waals surface area contributed by atoms with E-state index in [1.165, 1.54) is 6.07 Å². The van der Waals surface area contributed by atoms with Crippen LogP contribution in [0.4, 0.5) is 5.69 Å². The van der Waals surface area contributed by atoms with Gasteiger partial charge in [0, 0.05) is 11.3 Å². The van der Waals surface area contributed by atoms with Gasteiger partial charge in [0.1, 0.15) is 0 Å². The Kier molecular flexibility index (Phi) is 5.79. The Balaban J connectivity index is 1.89. The number of hydrogen-bond acceptors (Lipinski definition) is 5. The first-order chi connectivity index (χ1) is 13.8. The molecule has 1 aliphatic rings. The molecule has 1 atom stereocenters. The molecule has 6 nitrogen and oxygen atoms in total. The fourth-order valence-electron chi connectivity index (χ4n) is 3.43. The van der Waals surface area contributed by atoms with Crippen LogP contribution in [0.1, 0.15) is 42.3 Å². The normalized spacial score (nSPS) is 15.3. The molecule has 0 radical (unpaired) electrons. The summed E-state index contributed by atoms with van der Waals surface area (Å²) in [6.07, 6.45) is 0.744. The monoisotopic (exact) mass is 389 g/mol. The van der Waals surface area contributed by atoms with Crippen LogP contribution in [-0.2, 0) is 16.0 Å². The number of esters is 1. The molecule has 1 heterocycles. The van der Waals surface area contributed by atoms with E-state index in [1.54, 1.807) is 25.1 Å². The summed E-state index contributed by atoms with van der Waals surface area (Å²) < 4.78 is 4.99. The number of fused-ring (bicyclic) bond motifs is 1. The lowest BCUT2D eigenvalue weighted by atomic mass is 9.83. The number of anilines is 1. The number of benzene rings is 2. The van der Waals surface area contributed by atoms with Crippen molar-refractivity contribution in [1.29, 1.82) is 5.26 Å². The summed E-state index contributed by atoms with van der Waals surface area (Å²) in [5, 5.41) is 12.5. The molecule has 0 saturated heterocycles. The highest BCUT2D eigenvalue weighted by Crippen LogP contribution is 2.29. The highest BCUT2D eigenvalue weighted by Gasteiger charge is 2.34. The molecule has 29 heavy (non-hydrogen) atoms. The molecule has 0 saturated carbocycles. The van der Waals surface area contributed by atoms with Gasteiger partial charge in [0.05, 0.1) is 29.5 Å². The minimum absolute atomic E-state index is 0.265. The average molecular weight is 389 g/mol. The third-order valence-electron chi connectivity index (χ3n) is 4.65. The molecule has 0 aliphatic carbocycles. The molecule has 0 bridgehead atoms. The molecular weight excluding hydrogens is 366 g/mol. The van der Waals surface area contributed by atoms with Gasteiger partial charge in [0.2, 0.25) is 5.91 Å². The number of nitriles is 1. The van der Waals surface area contributed by atoms with E-state index in [0.717, 1.165) is 17.5 Å². The highest BCUT2D eigenvalue weighted by molar-refractivity contribution is 6.19. The molecule has 1 aliphatic heterocycles. The standard InChI is InChI=1S/C23H23N3O3/c1-4-29-22(28)15-9-7-10-17(12-15)25-21(27)19(14-24)20-18-11-6-5-8-16(18)13-23(2,3)26-20/h5-12,19H,4,13H2,1-3H3,(H,25,27). The molecule has 1 amide bonds. The smallest absolute Gasteiger partial charge is 0.338 e. The second kappa shape index (κ2) is 8.27. The first-order valence-electron chi connectivity index (χ1n) is 9.50. The van der Waals surface area contributed by atoms with Crippen LogP contribution in [0.3, 0.4) is 0 Å². The van der Waals surface area contributed by atoms with Gasteiger partial charge < -0.3 is 10.1 Å². The summed E-state index contributed by atoms with van der Waals surface area (Å²) in [6.45, 7) is 5.96. The average Bonchev–Trinajstić information content (AvgIpc) is 2.68. The molecule has 0 aromatic heterocycles. The Hall–Kier alpha value is -3.46. The van der Waals surface area contributed by atoms with Gasteiger partial charge in [-0.3, -0.25) is 9.79 Å². The van der Waals surface area contributed by atoms with Gasteiger partial charge in [0.15, 0.2) is 5.92 Å². The first-order valence-corrected chi connectivity index (χ1v) is 9.50. The maximum absolute atomic E-state index is 12.9. The SMILES string of the molecule is CCOC(=O)c1cccc(NC(=O)C(C#N)C2=NC(C)(C)Cc3ccccc32)c1. The summed E-state index contributed by atoms with van der Waals surface area (Å²) in [7, 11) is 0. The molecule has 2 aromatic rings. The lowest BCUT2D eigenvalue weighted by Crippen LogP contribution is -2.36. The summed E-state index contributed by atoms with van der Waals surface area (Å²) >= 11 is 0. The van der Waals surface area contributed by atoms with Crippen molar-refractivity contribution in [2.45, 2.75) is 32.7 Å². The summed E-state index contributed by atoms with van der Waals surface area (Å²) in [5.41, 5.74) is 2.72. The Bertz CT molecular complexity index is 1020. The fourth-order valence-corrected chi connectivity index (χ4v) is 3.43. The zero-order valence-electron chi connectivity index (χ0n) is 16.7. The van der Waals surface area contributed by atoms with Crippen molar-refractivity contribution < 1.29 is 14.3 Å². The number of amides is 1. The number of nitrogens with one attached hydrogen (secondary N) is 1. The number of hydrogen-bond donors (Lipinski definition) is 1. The van der Waals surface area contributed by atoms with Crippen molar-refractivity contribution in [1.82, 2.24) is 0 Å². The van der Waals surface area contributed by atoms with Crippen LogP contribution in [-0.4, -0.2) is 29.7 Å². The second-order valence-electron chi connectivity index (χ2n) is 7.50. The molecule has 1 N–H and O–H groups in total. The predicted molar refractivity (Wildman–Crippen MR) is 111 cm³/mol. The van der Waals surface area contributed by atoms with E-state index < -0.39 is 23.3 Å². The third kappa shape index (κ3) is 4.52. The van der Waals surface area contributed by atoms with Crippen LogP contribution in [0.2, 0.25) is 0 Å². The molecule has 1 unspecified atom stereocenters. The van der Waals surface area contributed by atoms with E-state index in [-0.39, 0.29) is 6.61 Å². The molecular formula is C23H23N3O3. The van der Waals surface area contributed by atoms with Gasteiger partial charge in [0.25, 0.3) is 0 Å². The molecule has 0 fully saturated rings. The lowest BCUT2D eigenvalue weighted by Gasteiger charge is -2.30. The van der Waals surface area contributed by atoms with Gasteiger partial charge in [-0.25, -0.2) is 4.79 Å². The molecule has 2 aromatic carbocycles.